The Bertz CT molecular complexity index is 806. The first kappa shape index (κ1) is 15.8. The SMILES string of the molecule is Oc1cc2c(cc1O)[C@H]1c3ccc(O)c(O)c3OC[C@@]1(O)C2.[AlH3]. The number of fused-ring (bicyclic) bond motifs is 5. The first-order chi connectivity index (χ1) is 10.4. The highest BCUT2D eigenvalue weighted by molar-refractivity contribution is 5.75. The van der Waals surface area contributed by atoms with E-state index in [2.05, 4.69) is 0 Å². The Labute approximate surface area is 142 Å². The van der Waals surface area contributed by atoms with Crippen LogP contribution in [-0.4, -0.2) is 55.1 Å². The highest BCUT2D eigenvalue weighted by atomic mass is 27.0. The number of ether oxygens (including phenoxy) is 1. The quantitative estimate of drug-likeness (QED) is 0.347. The first-order valence-corrected chi connectivity index (χ1v) is 6.85. The van der Waals surface area contributed by atoms with Gasteiger partial charge in [0.25, 0.3) is 0 Å². The summed E-state index contributed by atoms with van der Waals surface area (Å²) >= 11 is 0. The summed E-state index contributed by atoms with van der Waals surface area (Å²) in [5.41, 5.74) is 0.700. The van der Waals surface area contributed by atoms with E-state index in [1.54, 1.807) is 6.07 Å². The molecule has 5 N–H and O–H groups in total. The van der Waals surface area contributed by atoms with Crippen molar-refractivity contribution in [2.75, 3.05) is 6.61 Å². The van der Waals surface area contributed by atoms with Gasteiger partial charge in [0.05, 0.1) is 0 Å². The second-order valence-corrected chi connectivity index (χ2v) is 5.89. The van der Waals surface area contributed by atoms with E-state index < -0.39 is 11.5 Å². The minimum atomic E-state index is -1.22. The number of hydrogen-bond donors (Lipinski definition) is 5. The summed E-state index contributed by atoms with van der Waals surface area (Å²) in [6, 6.07) is 5.77. The van der Waals surface area contributed by atoms with Gasteiger partial charge in [-0.3, -0.25) is 0 Å². The van der Waals surface area contributed by atoms with Gasteiger partial charge in [-0.1, -0.05) is 6.07 Å². The number of benzene rings is 2. The van der Waals surface area contributed by atoms with Crippen molar-refractivity contribution in [3.63, 3.8) is 0 Å². The predicted octanol–water partition coefficient (Wildman–Crippen LogP) is 0.137. The topological polar surface area (TPSA) is 110 Å². The Morgan fingerprint density at radius 2 is 1.65 bits per heavy atom. The van der Waals surface area contributed by atoms with Crippen LogP contribution in [0.4, 0.5) is 0 Å². The molecule has 0 radical (unpaired) electrons. The van der Waals surface area contributed by atoms with Crippen LogP contribution in [0.15, 0.2) is 24.3 Å². The molecule has 2 aliphatic rings. The molecule has 0 aromatic heterocycles. The van der Waals surface area contributed by atoms with Gasteiger partial charge in [-0.2, -0.15) is 0 Å². The number of phenolic OH excluding ortho intramolecular Hbond substituents is 4. The number of rotatable bonds is 0. The van der Waals surface area contributed by atoms with Crippen LogP contribution >= 0.6 is 0 Å². The fourth-order valence-corrected chi connectivity index (χ4v) is 3.52. The second-order valence-electron chi connectivity index (χ2n) is 5.89. The lowest BCUT2D eigenvalue weighted by Gasteiger charge is -2.36. The van der Waals surface area contributed by atoms with E-state index in [0.29, 0.717) is 16.7 Å². The largest absolute Gasteiger partial charge is 0.504 e. The molecule has 0 fully saturated rings. The summed E-state index contributed by atoms with van der Waals surface area (Å²) in [6.45, 7) is -0.0577. The lowest BCUT2D eigenvalue weighted by atomic mass is 9.80. The fourth-order valence-electron chi connectivity index (χ4n) is 3.52. The van der Waals surface area contributed by atoms with E-state index in [1.165, 1.54) is 18.2 Å². The van der Waals surface area contributed by atoms with Crippen molar-refractivity contribution in [1.29, 1.82) is 0 Å². The van der Waals surface area contributed by atoms with Gasteiger partial charge in [-0.05, 0) is 29.3 Å². The molecule has 0 unspecified atom stereocenters. The van der Waals surface area contributed by atoms with Crippen molar-refractivity contribution in [2.45, 2.75) is 17.9 Å². The molecule has 7 heteroatoms. The van der Waals surface area contributed by atoms with Crippen molar-refractivity contribution >= 4 is 17.4 Å². The van der Waals surface area contributed by atoms with E-state index in [4.69, 9.17) is 4.74 Å². The summed E-state index contributed by atoms with van der Waals surface area (Å²) in [5.74, 6) is -1.54. The predicted molar refractivity (Wildman–Crippen MR) is 85.5 cm³/mol. The molecule has 120 valence electrons. The molecule has 2 aromatic rings. The van der Waals surface area contributed by atoms with E-state index in [1.807, 2.05) is 0 Å². The maximum atomic E-state index is 10.9. The number of phenols is 4. The highest BCUT2D eigenvalue weighted by Gasteiger charge is 2.51. The molecule has 0 spiro atoms. The molecule has 6 nitrogen and oxygen atoms in total. The van der Waals surface area contributed by atoms with Crippen molar-refractivity contribution in [3.8, 4) is 28.7 Å². The zero-order chi connectivity index (χ0) is 15.6. The summed E-state index contributed by atoms with van der Waals surface area (Å²) in [7, 11) is 0. The number of aromatic hydroxyl groups is 4. The van der Waals surface area contributed by atoms with E-state index in [0.717, 1.165) is 0 Å². The van der Waals surface area contributed by atoms with Gasteiger partial charge in [0.2, 0.25) is 5.75 Å². The van der Waals surface area contributed by atoms with Crippen LogP contribution < -0.4 is 4.74 Å². The molecule has 23 heavy (non-hydrogen) atoms. The monoisotopic (exact) mass is 332 g/mol. The van der Waals surface area contributed by atoms with Gasteiger partial charge < -0.3 is 30.3 Å². The zero-order valence-electron chi connectivity index (χ0n) is 11.4. The molecule has 0 saturated heterocycles. The standard InChI is InChI=1S/C16H14O6.Al.3H/c17-10-2-1-8-13-9-4-12(19)11(18)3-7(9)5-16(13,21)6-22-15(8)14(10)20;;;;/h1-4,13,17-21H,5-6H2;;;;/t13-,16+;;;;/m1..../s1. The highest BCUT2D eigenvalue weighted by Crippen LogP contribution is 2.55. The van der Waals surface area contributed by atoms with Crippen LogP contribution in [-0.2, 0) is 6.42 Å². The van der Waals surface area contributed by atoms with Gasteiger partial charge in [0, 0.05) is 17.9 Å². The van der Waals surface area contributed by atoms with Gasteiger partial charge >= 0.3 is 0 Å². The Morgan fingerprint density at radius 3 is 2.39 bits per heavy atom. The Hall–Kier alpha value is -2.07. The average Bonchev–Trinajstić information content (AvgIpc) is 2.75. The third kappa shape index (κ3) is 2.05. The van der Waals surface area contributed by atoms with Crippen molar-refractivity contribution in [1.82, 2.24) is 0 Å². The smallest absolute Gasteiger partial charge is 0.200 e. The van der Waals surface area contributed by atoms with Crippen LogP contribution in [0.25, 0.3) is 0 Å². The summed E-state index contributed by atoms with van der Waals surface area (Å²) < 4.78 is 5.46. The first-order valence-electron chi connectivity index (χ1n) is 6.85. The molecule has 1 aliphatic carbocycles. The molecule has 4 rings (SSSR count). The van der Waals surface area contributed by atoms with Crippen LogP contribution in [0.3, 0.4) is 0 Å². The lowest BCUT2D eigenvalue weighted by Crippen LogP contribution is -2.43. The fraction of sp³-hybridized carbons (Fsp3) is 0.250. The van der Waals surface area contributed by atoms with Crippen LogP contribution in [0.5, 0.6) is 28.7 Å². The van der Waals surface area contributed by atoms with E-state index >= 15 is 0 Å². The zero-order valence-corrected chi connectivity index (χ0v) is 11.4. The minimum absolute atomic E-state index is 0. The molecule has 0 amide bonds. The minimum Gasteiger partial charge on any atom is -0.504 e. The van der Waals surface area contributed by atoms with Crippen LogP contribution in [0, 0.1) is 0 Å². The molecular weight excluding hydrogens is 315 g/mol. The average molecular weight is 332 g/mol. The van der Waals surface area contributed by atoms with Crippen molar-refractivity contribution in [2.24, 2.45) is 0 Å². The Balaban J connectivity index is 0.00000156. The molecule has 1 heterocycles. The molecule has 1 aliphatic heterocycles. The third-order valence-electron chi connectivity index (χ3n) is 4.50. The van der Waals surface area contributed by atoms with E-state index in [9.17, 15) is 25.5 Å². The van der Waals surface area contributed by atoms with Gasteiger partial charge in [-0.15, -0.1) is 0 Å². The Morgan fingerprint density at radius 1 is 0.957 bits per heavy atom. The Kier molecular flexibility index (Phi) is 3.41. The molecule has 0 bridgehead atoms. The number of aliphatic hydroxyl groups is 1. The molecule has 2 aromatic carbocycles. The van der Waals surface area contributed by atoms with Gasteiger partial charge in [0.15, 0.2) is 40.4 Å². The van der Waals surface area contributed by atoms with Gasteiger partial charge in [-0.25, -0.2) is 0 Å². The lowest BCUT2D eigenvalue weighted by molar-refractivity contribution is -0.0228. The third-order valence-corrected chi connectivity index (χ3v) is 4.50. The summed E-state index contributed by atoms with van der Waals surface area (Å²) in [5, 5.41) is 49.8. The molecule has 0 saturated carbocycles. The summed E-state index contributed by atoms with van der Waals surface area (Å²) in [4.78, 5) is 0. The second kappa shape index (κ2) is 4.97. The molecule has 2 atom stereocenters. The number of hydrogen-bond acceptors (Lipinski definition) is 6. The van der Waals surface area contributed by atoms with Crippen LogP contribution in [0.1, 0.15) is 22.6 Å². The van der Waals surface area contributed by atoms with E-state index in [-0.39, 0.29) is 59.1 Å². The van der Waals surface area contributed by atoms with Crippen molar-refractivity contribution in [3.05, 3.63) is 41.0 Å². The maximum Gasteiger partial charge on any atom is 0.200 e. The summed E-state index contributed by atoms with van der Waals surface area (Å²) in [6.07, 6.45) is 0.266. The normalized spacial score (nSPS) is 24.0. The maximum absolute atomic E-state index is 10.9. The van der Waals surface area contributed by atoms with Gasteiger partial charge in [0.1, 0.15) is 12.2 Å². The van der Waals surface area contributed by atoms with Crippen molar-refractivity contribution < 1.29 is 30.3 Å². The van der Waals surface area contributed by atoms with Crippen LogP contribution in [0.2, 0.25) is 0 Å². The molecular formula is C16H17AlO6.